The van der Waals surface area contributed by atoms with Crippen molar-refractivity contribution in [2.24, 2.45) is 0 Å². The van der Waals surface area contributed by atoms with Crippen LogP contribution in [0.15, 0.2) is 24.3 Å². The van der Waals surface area contributed by atoms with Gasteiger partial charge in [0.1, 0.15) is 0 Å². The molecule has 0 radical (unpaired) electrons. The van der Waals surface area contributed by atoms with E-state index in [9.17, 15) is 13.2 Å². The Morgan fingerprint density at radius 2 is 2.00 bits per heavy atom. The number of hydrogen-bond acceptors (Lipinski definition) is 4. The molecule has 1 aliphatic heterocycles. The normalized spacial score (nSPS) is 17.8. The molecule has 0 aromatic heterocycles. The van der Waals surface area contributed by atoms with E-state index < -0.39 is 10.0 Å². The molecule has 8 heteroatoms. The predicted molar refractivity (Wildman–Crippen MR) is 103 cm³/mol. The van der Waals surface area contributed by atoms with Gasteiger partial charge in [-0.25, -0.2) is 13.2 Å². The van der Waals surface area contributed by atoms with Crippen molar-refractivity contribution in [3.05, 3.63) is 29.8 Å². The van der Waals surface area contributed by atoms with Crippen molar-refractivity contribution in [1.82, 2.24) is 10.2 Å². The second kappa shape index (κ2) is 9.78. The molecule has 2 amide bonds. The van der Waals surface area contributed by atoms with E-state index in [4.69, 9.17) is 4.74 Å². The highest BCUT2D eigenvalue weighted by molar-refractivity contribution is 7.92. The number of hydrogen-bond donors (Lipinski definition) is 2. The summed E-state index contributed by atoms with van der Waals surface area (Å²) in [4.78, 5) is 14.2. The Morgan fingerprint density at radius 3 is 2.65 bits per heavy atom. The number of anilines is 1. The Labute approximate surface area is 156 Å². The van der Waals surface area contributed by atoms with Gasteiger partial charge in [-0.1, -0.05) is 19.1 Å². The van der Waals surface area contributed by atoms with Gasteiger partial charge >= 0.3 is 6.03 Å². The van der Waals surface area contributed by atoms with Crippen LogP contribution in [0.3, 0.4) is 0 Å². The van der Waals surface area contributed by atoms with Gasteiger partial charge in [-0.2, -0.15) is 0 Å². The Balaban J connectivity index is 1.81. The average Bonchev–Trinajstić information content (AvgIpc) is 2.65. The molecule has 2 N–H and O–H groups in total. The van der Waals surface area contributed by atoms with Crippen molar-refractivity contribution in [1.29, 1.82) is 0 Å². The number of benzene rings is 1. The van der Waals surface area contributed by atoms with E-state index in [0.29, 0.717) is 18.8 Å². The zero-order chi connectivity index (χ0) is 19.0. The van der Waals surface area contributed by atoms with Gasteiger partial charge in [0.15, 0.2) is 0 Å². The van der Waals surface area contributed by atoms with Gasteiger partial charge in [0, 0.05) is 31.9 Å². The van der Waals surface area contributed by atoms with E-state index >= 15 is 0 Å². The second-order valence-corrected chi connectivity index (χ2v) is 8.45. The van der Waals surface area contributed by atoms with Gasteiger partial charge in [-0.3, -0.25) is 4.72 Å². The minimum absolute atomic E-state index is 0.0314. The predicted octanol–water partition coefficient (Wildman–Crippen LogP) is 2.55. The highest BCUT2D eigenvalue weighted by Gasteiger charge is 2.23. The summed E-state index contributed by atoms with van der Waals surface area (Å²) in [6.45, 7) is 6.17. The molecule has 1 atom stereocenters. The summed E-state index contributed by atoms with van der Waals surface area (Å²) >= 11 is 0. The lowest BCUT2D eigenvalue weighted by Crippen LogP contribution is -2.47. The molecule has 146 valence electrons. The third-order valence-electron chi connectivity index (χ3n) is 4.27. The first-order chi connectivity index (χ1) is 12.4. The molecule has 0 bridgehead atoms. The molecule has 0 saturated carbocycles. The van der Waals surface area contributed by atoms with E-state index in [2.05, 4.69) is 17.0 Å². The molecular weight excluding hydrogens is 354 g/mol. The van der Waals surface area contributed by atoms with Gasteiger partial charge in [0.2, 0.25) is 10.0 Å². The Morgan fingerprint density at radius 1 is 1.27 bits per heavy atom. The molecule has 2 rings (SSSR count). The second-order valence-electron chi connectivity index (χ2n) is 6.44. The lowest BCUT2D eigenvalue weighted by molar-refractivity contribution is 0.0100. The third kappa shape index (κ3) is 6.49. The standard InChI is InChI=1S/C18H29N3O4S/c1-3-12-25-17-6-5-11-21(14-17)18(22)19-13-15-7-9-16(10-8-15)20-26(23,24)4-2/h7-10,17,20H,3-6,11-14H2,1-2H3,(H,19,22). The molecule has 7 nitrogen and oxygen atoms in total. The summed E-state index contributed by atoms with van der Waals surface area (Å²) in [6.07, 6.45) is 3.06. The number of amides is 2. The topological polar surface area (TPSA) is 87.7 Å². The quantitative estimate of drug-likeness (QED) is 0.722. The SMILES string of the molecule is CCCOC1CCCN(C(=O)NCc2ccc(NS(=O)(=O)CC)cc2)C1. The van der Waals surface area contributed by atoms with Crippen LogP contribution in [0.2, 0.25) is 0 Å². The highest BCUT2D eigenvalue weighted by Crippen LogP contribution is 2.14. The lowest BCUT2D eigenvalue weighted by Gasteiger charge is -2.32. The van der Waals surface area contributed by atoms with Crippen molar-refractivity contribution in [2.75, 3.05) is 30.2 Å². The van der Waals surface area contributed by atoms with Crippen LogP contribution < -0.4 is 10.0 Å². The lowest BCUT2D eigenvalue weighted by atomic mass is 10.1. The summed E-state index contributed by atoms with van der Waals surface area (Å²) in [5, 5.41) is 2.92. The molecule has 1 heterocycles. The summed E-state index contributed by atoms with van der Waals surface area (Å²) in [6, 6.07) is 6.91. The molecule has 1 saturated heterocycles. The van der Waals surface area contributed by atoms with Crippen LogP contribution in [0, 0.1) is 0 Å². The summed E-state index contributed by atoms with van der Waals surface area (Å²) in [5.74, 6) is 0.0314. The fraction of sp³-hybridized carbons (Fsp3) is 0.611. The number of nitrogens with zero attached hydrogens (tertiary/aromatic N) is 1. The molecule has 1 aromatic rings. The summed E-state index contributed by atoms with van der Waals surface area (Å²) in [5.41, 5.74) is 1.43. The van der Waals surface area contributed by atoms with Crippen molar-refractivity contribution in [3.63, 3.8) is 0 Å². The van der Waals surface area contributed by atoms with E-state index in [1.165, 1.54) is 0 Å². The molecule has 26 heavy (non-hydrogen) atoms. The maximum Gasteiger partial charge on any atom is 0.317 e. The largest absolute Gasteiger partial charge is 0.376 e. The number of nitrogens with one attached hydrogen (secondary N) is 2. The Bertz CT molecular complexity index is 676. The average molecular weight is 384 g/mol. The zero-order valence-electron chi connectivity index (χ0n) is 15.5. The first kappa shape index (κ1) is 20.5. The molecule has 1 unspecified atom stereocenters. The summed E-state index contributed by atoms with van der Waals surface area (Å²) < 4.78 is 31.4. The number of urea groups is 1. The van der Waals surface area contributed by atoms with Gasteiger partial charge < -0.3 is 15.0 Å². The van der Waals surface area contributed by atoms with Crippen LogP contribution in [0.1, 0.15) is 38.7 Å². The monoisotopic (exact) mass is 383 g/mol. The Kier molecular flexibility index (Phi) is 7.71. The third-order valence-corrected chi connectivity index (χ3v) is 5.58. The maximum atomic E-state index is 12.4. The van der Waals surface area contributed by atoms with Gasteiger partial charge in [0.25, 0.3) is 0 Å². The number of sulfonamides is 1. The van der Waals surface area contributed by atoms with Crippen LogP contribution in [-0.4, -0.2) is 50.9 Å². The van der Waals surface area contributed by atoms with Gasteiger partial charge in [-0.15, -0.1) is 0 Å². The Hall–Kier alpha value is -1.80. The number of ether oxygens (including phenoxy) is 1. The highest BCUT2D eigenvalue weighted by atomic mass is 32.2. The molecular formula is C18H29N3O4S. The maximum absolute atomic E-state index is 12.4. The van der Waals surface area contributed by atoms with Gasteiger partial charge in [0.05, 0.1) is 11.9 Å². The van der Waals surface area contributed by atoms with Gasteiger partial charge in [-0.05, 0) is 43.9 Å². The van der Waals surface area contributed by atoms with Crippen molar-refractivity contribution in [3.8, 4) is 0 Å². The fourth-order valence-corrected chi connectivity index (χ4v) is 3.41. The zero-order valence-corrected chi connectivity index (χ0v) is 16.3. The van der Waals surface area contributed by atoms with Crippen LogP contribution >= 0.6 is 0 Å². The molecule has 1 aromatic carbocycles. The number of piperidine rings is 1. The number of rotatable bonds is 8. The molecule has 0 spiro atoms. The van der Waals surface area contributed by atoms with E-state index in [0.717, 1.165) is 38.0 Å². The minimum atomic E-state index is -3.28. The first-order valence-electron chi connectivity index (χ1n) is 9.17. The summed E-state index contributed by atoms with van der Waals surface area (Å²) in [7, 11) is -3.28. The van der Waals surface area contributed by atoms with E-state index in [-0.39, 0.29) is 17.9 Å². The first-order valence-corrected chi connectivity index (χ1v) is 10.8. The van der Waals surface area contributed by atoms with Crippen LogP contribution in [-0.2, 0) is 21.3 Å². The molecule has 1 fully saturated rings. The fourth-order valence-electron chi connectivity index (χ4n) is 2.78. The van der Waals surface area contributed by atoms with E-state index in [1.807, 2.05) is 0 Å². The van der Waals surface area contributed by atoms with Crippen molar-refractivity contribution >= 4 is 21.7 Å². The molecule has 0 aliphatic carbocycles. The van der Waals surface area contributed by atoms with Crippen LogP contribution in [0.4, 0.5) is 10.5 Å². The number of carbonyl (C=O) groups excluding carboxylic acids is 1. The van der Waals surface area contributed by atoms with Crippen molar-refractivity contribution < 1.29 is 17.9 Å². The van der Waals surface area contributed by atoms with Crippen LogP contribution in [0.25, 0.3) is 0 Å². The molecule has 1 aliphatic rings. The van der Waals surface area contributed by atoms with Crippen LogP contribution in [0.5, 0.6) is 0 Å². The number of carbonyl (C=O) groups is 1. The minimum Gasteiger partial charge on any atom is -0.376 e. The van der Waals surface area contributed by atoms with Crippen molar-refractivity contribution in [2.45, 2.75) is 45.8 Å². The number of likely N-dealkylation sites (tertiary alicyclic amines) is 1. The smallest absolute Gasteiger partial charge is 0.317 e. The van der Waals surface area contributed by atoms with E-state index in [1.54, 1.807) is 36.1 Å².